The average Bonchev–Trinajstić information content (AvgIpc) is 3.10. The maximum Gasteiger partial charge on any atom is 0.425 e. The van der Waals surface area contributed by atoms with Crippen LogP contribution in [0.2, 0.25) is 0 Å². The number of fused-ring (bicyclic) bond motifs is 3. The Labute approximate surface area is 214 Å². The average molecular weight is 503 g/mol. The molecule has 0 saturated carbocycles. The van der Waals surface area contributed by atoms with Gasteiger partial charge in [0.1, 0.15) is 16.7 Å². The minimum Gasteiger partial charge on any atom is -0.443 e. The van der Waals surface area contributed by atoms with Crippen molar-refractivity contribution in [3.8, 4) is 0 Å². The van der Waals surface area contributed by atoms with E-state index in [1.807, 2.05) is 4.68 Å². The molecule has 2 aromatic rings. The van der Waals surface area contributed by atoms with E-state index in [1.54, 1.807) is 41.5 Å². The number of unbranched alkanes of at least 4 members (excludes halogenated alkanes) is 1. The van der Waals surface area contributed by atoms with Gasteiger partial charge in [-0.15, -0.1) is 0 Å². The highest BCUT2D eigenvalue weighted by molar-refractivity contribution is 6.13. The molecule has 0 aromatic carbocycles. The molecule has 2 heterocycles. The van der Waals surface area contributed by atoms with Crippen LogP contribution < -0.4 is 4.90 Å². The summed E-state index contributed by atoms with van der Waals surface area (Å²) >= 11 is 0. The second-order valence-corrected chi connectivity index (χ2v) is 11.4. The van der Waals surface area contributed by atoms with E-state index in [2.05, 4.69) is 6.92 Å². The molecule has 200 valence electrons. The lowest BCUT2D eigenvalue weighted by Crippen LogP contribution is -2.44. The second kappa shape index (κ2) is 11.2. The SMILES string of the molecule is CCCn1nc2c(N(C(=O)OC(C)(C)C)C(=O)OC(C)(C)C)nc3c(c2c1CCCCO)CCCC3. The Balaban J connectivity index is 2.28. The highest BCUT2D eigenvalue weighted by Gasteiger charge is 2.37. The minimum atomic E-state index is -0.840. The maximum absolute atomic E-state index is 13.4. The first-order valence-corrected chi connectivity index (χ1v) is 13.1. The Hall–Kier alpha value is -2.68. The number of ether oxygens (including phenoxy) is 2. The molecule has 1 N–H and O–H groups in total. The van der Waals surface area contributed by atoms with Crippen LogP contribution in [0.4, 0.5) is 15.4 Å². The van der Waals surface area contributed by atoms with E-state index in [0.717, 1.165) is 72.2 Å². The van der Waals surface area contributed by atoms with Crippen molar-refractivity contribution in [3.63, 3.8) is 0 Å². The molecule has 1 aliphatic carbocycles. The van der Waals surface area contributed by atoms with E-state index in [9.17, 15) is 14.7 Å². The van der Waals surface area contributed by atoms with Crippen molar-refractivity contribution in [1.82, 2.24) is 14.8 Å². The summed E-state index contributed by atoms with van der Waals surface area (Å²) in [7, 11) is 0. The quantitative estimate of drug-likeness (QED) is 0.483. The van der Waals surface area contributed by atoms with Gasteiger partial charge in [0.25, 0.3) is 0 Å². The lowest BCUT2D eigenvalue weighted by Gasteiger charge is -2.29. The third kappa shape index (κ3) is 6.55. The van der Waals surface area contributed by atoms with Gasteiger partial charge in [0, 0.05) is 29.9 Å². The Kier molecular flexibility index (Phi) is 8.64. The minimum absolute atomic E-state index is 0.135. The molecule has 1 aliphatic rings. The number of aromatic nitrogens is 3. The number of amides is 2. The molecule has 0 bridgehead atoms. The van der Waals surface area contributed by atoms with Crippen molar-refractivity contribution < 1.29 is 24.2 Å². The number of aryl methyl sites for hydroxylation is 4. The molecule has 2 aromatic heterocycles. The molecule has 0 saturated heterocycles. The van der Waals surface area contributed by atoms with Crippen molar-refractivity contribution in [2.75, 3.05) is 11.5 Å². The second-order valence-electron chi connectivity index (χ2n) is 11.4. The molecule has 0 spiro atoms. The zero-order valence-electron chi connectivity index (χ0n) is 22.9. The monoisotopic (exact) mass is 502 g/mol. The lowest BCUT2D eigenvalue weighted by atomic mass is 9.91. The summed E-state index contributed by atoms with van der Waals surface area (Å²) in [6, 6.07) is 0. The predicted molar refractivity (Wildman–Crippen MR) is 139 cm³/mol. The molecule has 0 fully saturated rings. The van der Waals surface area contributed by atoms with Crippen molar-refractivity contribution in [1.29, 1.82) is 0 Å². The van der Waals surface area contributed by atoms with Gasteiger partial charge in [-0.25, -0.2) is 14.6 Å². The van der Waals surface area contributed by atoms with Crippen LogP contribution in [0.25, 0.3) is 10.9 Å². The predicted octanol–water partition coefficient (Wildman–Crippen LogP) is 5.71. The van der Waals surface area contributed by atoms with Crippen molar-refractivity contribution in [3.05, 3.63) is 17.0 Å². The summed E-state index contributed by atoms with van der Waals surface area (Å²) in [5, 5.41) is 15.2. The molecule has 0 radical (unpaired) electrons. The number of nitrogens with zero attached hydrogens (tertiary/aromatic N) is 4. The molecule has 0 atom stereocenters. The molecule has 0 aliphatic heterocycles. The molecule has 9 heteroatoms. The van der Waals surface area contributed by atoms with E-state index < -0.39 is 23.4 Å². The Morgan fingerprint density at radius 1 is 1.00 bits per heavy atom. The Bertz CT molecular complexity index is 1070. The fourth-order valence-electron chi connectivity index (χ4n) is 4.51. The summed E-state index contributed by atoms with van der Waals surface area (Å²) < 4.78 is 13.2. The zero-order chi connectivity index (χ0) is 26.7. The highest BCUT2D eigenvalue weighted by Crippen LogP contribution is 2.37. The van der Waals surface area contributed by atoms with Gasteiger partial charge in [-0.2, -0.15) is 10.00 Å². The van der Waals surface area contributed by atoms with Crippen LogP contribution in [0.5, 0.6) is 0 Å². The smallest absolute Gasteiger partial charge is 0.425 e. The Morgan fingerprint density at radius 2 is 1.61 bits per heavy atom. The third-order valence-corrected chi connectivity index (χ3v) is 5.87. The summed E-state index contributed by atoms with van der Waals surface area (Å²) in [4.78, 5) is 32.6. The summed E-state index contributed by atoms with van der Waals surface area (Å²) in [5.41, 5.74) is 1.98. The number of imide groups is 1. The Morgan fingerprint density at radius 3 is 2.17 bits per heavy atom. The number of pyridine rings is 1. The first kappa shape index (κ1) is 27.9. The number of aliphatic hydroxyl groups is 1. The van der Waals surface area contributed by atoms with Gasteiger partial charge >= 0.3 is 12.2 Å². The normalized spacial score (nSPS) is 14.0. The van der Waals surface area contributed by atoms with E-state index in [4.69, 9.17) is 19.6 Å². The van der Waals surface area contributed by atoms with Crippen LogP contribution in [0.1, 0.15) is 97.5 Å². The number of carbonyl (C=O) groups is 2. The number of anilines is 1. The van der Waals surface area contributed by atoms with Gasteiger partial charge < -0.3 is 14.6 Å². The molecule has 36 heavy (non-hydrogen) atoms. The first-order chi connectivity index (χ1) is 16.9. The van der Waals surface area contributed by atoms with Crippen molar-refractivity contribution >= 4 is 28.9 Å². The summed E-state index contributed by atoms with van der Waals surface area (Å²) in [5.74, 6) is 0.160. The fraction of sp³-hybridized carbons (Fsp3) is 0.704. The number of aliphatic hydroxyl groups excluding tert-OH is 1. The van der Waals surface area contributed by atoms with Gasteiger partial charge in [0.2, 0.25) is 0 Å². The number of rotatable bonds is 7. The van der Waals surface area contributed by atoms with Crippen molar-refractivity contribution in [2.45, 2.75) is 118 Å². The molecule has 9 nitrogen and oxygen atoms in total. The van der Waals surface area contributed by atoms with Gasteiger partial charge in [-0.05, 0) is 98.5 Å². The van der Waals surface area contributed by atoms with Crippen LogP contribution >= 0.6 is 0 Å². The van der Waals surface area contributed by atoms with Gasteiger partial charge in [-0.3, -0.25) is 4.68 Å². The van der Waals surface area contributed by atoms with E-state index in [1.165, 1.54) is 0 Å². The maximum atomic E-state index is 13.4. The van der Waals surface area contributed by atoms with E-state index in [-0.39, 0.29) is 12.4 Å². The van der Waals surface area contributed by atoms with Crippen LogP contribution in [0, 0.1) is 0 Å². The molecular formula is C27H42N4O5. The highest BCUT2D eigenvalue weighted by atomic mass is 16.6. The standard InChI is InChI=1S/C27H42N4O5/c1-8-16-30-20(15-11-12-17-32)21-18-13-9-10-14-19(18)28-23(22(21)29-30)31(24(33)35-26(2,3)4)25(34)36-27(5,6)7/h32H,8-17H2,1-7H3. The number of carbonyl (C=O) groups excluding carboxylic acids is 2. The van der Waals surface area contributed by atoms with E-state index in [0.29, 0.717) is 18.5 Å². The van der Waals surface area contributed by atoms with Gasteiger partial charge in [-0.1, -0.05) is 6.92 Å². The third-order valence-electron chi connectivity index (χ3n) is 5.87. The number of hydrogen-bond donors (Lipinski definition) is 1. The topological polar surface area (TPSA) is 107 Å². The molecule has 2 amide bonds. The van der Waals surface area contributed by atoms with Crippen molar-refractivity contribution in [2.24, 2.45) is 0 Å². The molecular weight excluding hydrogens is 460 g/mol. The zero-order valence-corrected chi connectivity index (χ0v) is 22.9. The van der Waals surface area contributed by atoms with Gasteiger partial charge in [0.05, 0.1) is 0 Å². The first-order valence-electron chi connectivity index (χ1n) is 13.1. The van der Waals surface area contributed by atoms with E-state index >= 15 is 0 Å². The fourth-order valence-corrected chi connectivity index (χ4v) is 4.51. The lowest BCUT2D eigenvalue weighted by molar-refractivity contribution is 0.0429. The molecule has 3 rings (SSSR count). The largest absolute Gasteiger partial charge is 0.443 e. The molecule has 0 unspecified atom stereocenters. The van der Waals surface area contributed by atoms with Crippen LogP contribution in [-0.2, 0) is 35.3 Å². The van der Waals surface area contributed by atoms with Crippen LogP contribution in [0.3, 0.4) is 0 Å². The van der Waals surface area contributed by atoms with Gasteiger partial charge in [0.15, 0.2) is 5.82 Å². The van der Waals surface area contributed by atoms with Crippen LogP contribution in [-0.4, -0.2) is 49.9 Å². The summed E-state index contributed by atoms with van der Waals surface area (Å²) in [6.45, 7) is 13.4. The van der Waals surface area contributed by atoms with Crippen LogP contribution in [0.15, 0.2) is 0 Å². The summed E-state index contributed by atoms with van der Waals surface area (Å²) in [6.07, 6.45) is 5.15. The number of hydrogen-bond acceptors (Lipinski definition) is 7.